The molecule has 3 rings (SSSR count). The molecule has 0 bridgehead atoms. The molecular formula is C30H36N4O9PTl. The molecule has 0 fully saturated rings. The van der Waals surface area contributed by atoms with Gasteiger partial charge in [0.2, 0.25) is 0 Å². The molecule has 1 aliphatic heterocycles. The summed E-state index contributed by atoms with van der Waals surface area (Å²) in [5, 5.41) is 8.90. The van der Waals surface area contributed by atoms with E-state index in [9.17, 15) is 19.2 Å². The molecule has 1 atom stereocenters. The fourth-order valence-corrected chi connectivity index (χ4v) is 6.63. The zero-order chi connectivity index (χ0) is 33.1. The third-order valence-corrected chi connectivity index (χ3v) is 9.29. The Labute approximate surface area is 280 Å². The predicted octanol–water partition coefficient (Wildman–Crippen LogP) is 4.31. The Hall–Kier alpha value is -2.84. The summed E-state index contributed by atoms with van der Waals surface area (Å²) in [6.07, 6.45) is 0.668. The number of ether oxygens (including phenoxy) is 1. The molecule has 13 nitrogen and oxygen atoms in total. The Bertz CT molecular complexity index is 1410. The van der Waals surface area contributed by atoms with Crippen molar-refractivity contribution in [2.75, 3.05) is 32.9 Å². The van der Waals surface area contributed by atoms with Crippen LogP contribution in [0.15, 0.2) is 36.4 Å². The Morgan fingerprint density at radius 2 is 1.64 bits per heavy atom. The van der Waals surface area contributed by atoms with E-state index in [1.807, 2.05) is 27.7 Å². The van der Waals surface area contributed by atoms with Crippen LogP contribution < -0.4 is 4.74 Å². The zero-order valence-corrected chi connectivity index (χ0v) is 31.3. The van der Waals surface area contributed by atoms with Gasteiger partial charge >= 0.3 is 126 Å². The summed E-state index contributed by atoms with van der Waals surface area (Å²) in [5.74, 6) is -0.639. The standard InChI is InChI=1S/C30H37N4O9P.Tl/c1-20(2)34(21(3)4)44(41-14-6-11-31)42-16-13-33-29(37)26-10-8-24(18-27(26)30(33)38)43-23-7-9-25(22(5)17-23)28(36)32(19-35)12-15-40-39;/h7-10,17-21,39H,6,12-16H2,1-5H3;/q;+1/p-1. The fraction of sp³-hybridized carbons (Fsp3) is 0.433. The van der Waals surface area contributed by atoms with Crippen molar-refractivity contribution in [1.82, 2.24) is 14.5 Å². The SMILES string of the molecule is Cc1cc(Oc2ccc3c(c2)C(=O)N(CCOP(OCCC#N)N(C(C)C)C(C)C)C3=O)ccc1C(=O)N(C=O)CCO[O][Tl]. The van der Waals surface area contributed by atoms with E-state index < -0.39 is 26.2 Å². The number of fused-ring (bicyclic) bond motifs is 1. The van der Waals surface area contributed by atoms with Gasteiger partial charge in [0, 0.05) is 12.1 Å². The van der Waals surface area contributed by atoms with E-state index in [2.05, 4.69) is 13.6 Å². The topological polar surface area (TPSA) is 148 Å². The second-order valence-electron chi connectivity index (χ2n) is 10.5. The molecule has 1 heterocycles. The first-order valence-electron chi connectivity index (χ1n) is 14.3. The van der Waals surface area contributed by atoms with Gasteiger partial charge in [-0.3, -0.25) is 14.5 Å². The summed E-state index contributed by atoms with van der Waals surface area (Å²) in [5.41, 5.74) is 1.37. The van der Waals surface area contributed by atoms with Crippen molar-refractivity contribution in [2.45, 2.75) is 53.1 Å². The molecule has 4 amide bonds. The van der Waals surface area contributed by atoms with Gasteiger partial charge in [0.1, 0.15) is 0 Å². The molecule has 1 unspecified atom stereocenters. The van der Waals surface area contributed by atoms with Gasteiger partial charge < -0.3 is 9.05 Å². The maximum atomic E-state index is 13.2. The number of imide groups is 2. The summed E-state index contributed by atoms with van der Waals surface area (Å²) in [4.78, 5) is 57.5. The van der Waals surface area contributed by atoms with Gasteiger partial charge in [-0.1, -0.05) is 0 Å². The van der Waals surface area contributed by atoms with Crippen LogP contribution in [0, 0.1) is 18.3 Å². The van der Waals surface area contributed by atoms with Crippen LogP contribution in [0.1, 0.15) is 70.8 Å². The Kier molecular flexibility index (Phi) is 14.4. The van der Waals surface area contributed by atoms with Gasteiger partial charge in [0.05, 0.1) is 43.4 Å². The van der Waals surface area contributed by atoms with Gasteiger partial charge in [0.25, 0.3) is 20.3 Å². The minimum absolute atomic E-state index is 0.0270. The normalized spacial score (nSPS) is 13.3. The van der Waals surface area contributed by atoms with Crippen molar-refractivity contribution < 1.29 is 40.7 Å². The van der Waals surface area contributed by atoms with Gasteiger partial charge in [-0.2, -0.15) is 5.26 Å². The fourth-order valence-electron chi connectivity index (χ4n) is 4.68. The molecule has 0 aromatic heterocycles. The number of hydrogen-bond acceptors (Lipinski definition) is 11. The van der Waals surface area contributed by atoms with Crippen LogP contribution in [0.4, 0.5) is 0 Å². The van der Waals surface area contributed by atoms with Crippen molar-refractivity contribution in [3.8, 4) is 17.6 Å². The number of hydrogen-bond donors (Lipinski definition) is 0. The van der Waals surface area contributed by atoms with E-state index in [0.717, 1.165) is 9.80 Å². The van der Waals surface area contributed by atoms with Crippen molar-refractivity contribution >= 4 is 58.9 Å². The van der Waals surface area contributed by atoms with Crippen molar-refractivity contribution in [3.05, 3.63) is 58.7 Å². The van der Waals surface area contributed by atoms with Gasteiger partial charge in [-0.25, -0.2) is 4.67 Å². The molecule has 1 aliphatic rings. The summed E-state index contributed by atoms with van der Waals surface area (Å²) >= 11 is 0.180. The maximum absolute atomic E-state index is 13.2. The van der Waals surface area contributed by atoms with Crippen LogP contribution in [-0.2, 0) is 21.6 Å². The third-order valence-electron chi connectivity index (χ3n) is 6.66. The van der Waals surface area contributed by atoms with E-state index in [-0.39, 0.29) is 88.8 Å². The van der Waals surface area contributed by atoms with Crippen LogP contribution in [0.2, 0.25) is 0 Å². The predicted molar refractivity (Wildman–Crippen MR) is 164 cm³/mol. The van der Waals surface area contributed by atoms with Crippen molar-refractivity contribution in [2.24, 2.45) is 0 Å². The molecule has 238 valence electrons. The van der Waals surface area contributed by atoms with Crippen LogP contribution in [0.25, 0.3) is 0 Å². The summed E-state index contributed by atoms with van der Waals surface area (Å²) < 4.78 is 24.6. The minimum atomic E-state index is -1.51. The van der Waals surface area contributed by atoms with Crippen LogP contribution >= 0.6 is 8.53 Å². The summed E-state index contributed by atoms with van der Waals surface area (Å²) in [6.45, 7) is 10.2. The van der Waals surface area contributed by atoms with Gasteiger partial charge in [-0.05, 0) is 45.9 Å². The molecule has 0 saturated carbocycles. The number of carbonyl (C=O) groups is 4. The summed E-state index contributed by atoms with van der Waals surface area (Å²) in [6, 6.07) is 11.7. The van der Waals surface area contributed by atoms with E-state index in [0.29, 0.717) is 29.0 Å². The average Bonchev–Trinajstić information content (AvgIpc) is 3.23. The number of benzene rings is 2. The number of amides is 4. The molecule has 15 heteroatoms. The van der Waals surface area contributed by atoms with Crippen LogP contribution in [0.5, 0.6) is 11.5 Å². The molecule has 0 saturated heterocycles. The second kappa shape index (κ2) is 17.7. The van der Waals surface area contributed by atoms with E-state index in [4.69, 9.17) is 23.9 Å². The monoisotopic (exact) mass is 832 g/mol. The second-order valence-corrected chi connectivity index (χ2v) is 12.7. The first-order chi connectivity index (χ1) is 21.5. The number of carbonyl (C=O) groups excluding carboxylic acids is 4. The van der Waals surface area contributed by atoms with Crippen LogP contribution in [-0.4, -0.2) is 110 Å². The molecule has 0 aliphatic carbocycles. The van der Waals surface area contributed by atoms with Crippen molar-refractivity contribution in [1.29, 1.82) is 5.26 Å². The first kappa shape index (κ1) is 36.6. The number of nitriles is 1. The molecule has 2 aromatic carbocycles. The Balaban J connectivity index is 1.67. The van der Waals surface area contributed by atoms with E-state index in [1.54, 1.807) is 37.3 Å². The summed E-state index contributed by atoms with van der Waals surface area (Å²) in [7, 11) is -1.51. The molecule has 45 heavy (non-hydrogen) atoms. The number of aryl methyl sites for hydroxylation is 1. The van der Waals surface area contributed by atoms with Crippen molar-refractivity contribution in [3.63, 3.8) is 0 Å². The Morgan fingerprint density at radius 1 is 1.00 bits per heavy atom. The van der Waals surface area contributed by atoms with E-state index >= 15 is 0 Å². The molecular weight excluding hydrogens is 796 g/mol. The third kappa shape index (κ3) is 9.58. The molecule has 2 aromatic rings. The quantitative estimate of drug-likeness (QED) is 0.0403. The number of nitrogens with zero attached hydrogens (tertiary/aromatic N) is 4. The van der Waals surface area contributed by atoms with Crippen LogP contribution in [0.3, 0.4) is 0 Å². The molecule has 0 radical (unpaired) electrons. The molecule has 0 N–H and O–H groups in total. The average molecular weight is 832 g/mol. The van der Waals surface area contributed by atoms with Gasteiger partial charge in [0.15, 0.2) is 0 Å². The van der Waals surface area contributed by atoms with Gasteiger partial charge in [-0.15, -0.1) is 0 Å². The Morgan fingerprint density at radius 3 is 2.27 bits per heavy atom. The molecule has 0 spiro atoms. The van der Waals surface area contributed by atoms with E-state index in [1.165, 1.54) is 6.07 Å². The first-order valence-corrected chi connectivity index (χ1v) is 17.2. The zero-order valence-electron chi connectivity index (χ0n) is 25.9. The number of rotatable bonds is 18.